The fourth-order valence-corrected chi connectivity index (χ4v) is 2.35. The van der Waals surface area contributed by atoms with Gasteiger partial charge in [0, 0.05) is 17.4 Å². The Bertz CT molecular complexity index is 550. The molecule has 0 N–H and O–H groups in total. The number of benzene rings is 1. The maximum absolute atomic E-state index is 13.3. The number of halogens is 3. The van der Waals surface area contributed by atoms with Crippen molar-refractivity contribution in [3.05, 3.63) is 50.4 Å². The van der Waals surface area contributed by atoms with E-state index in [-0.39, 0.29) is 17.7 Å². The van der Waals surface area contributed by atoms with Crippen molar-refractivity contribution in [2.24, 2.45) is 0 Å². The number of carbonyl (C=O) groups excluding carboxylic acids is 1. The van der Waals surface area contributed by atoms with E-state index in [1.807, 2.05) is 0 Å². The van der Waals surface area contributed by atoms with Crippen LogP contribution in [-0.2, 0) is 6.42 Å². The second kappa shape index (κ2) is 5.01. The van der Waals surface area contributed by atoms with Crippen LogP contribution in [0.15, 0.2) is 27.5 Å². The number of Topliss-reactive ketones (excluding diaryl/α,β-unsaturated/α-hetero) is 1. The van der Waals surface area contributed by atoms with Crippen LogP contribution in [0.3, 0.4) is 0 Å². The number of hydrogen-bond acceptors (Lipinski definition) is 3. The van der Waals surface area contributed by atoms with E-state index in [0.717, 1.165) is 12.1 Å². The van der Waals surface area contributed by atoms with Gasteiger partial charge in [-0.1, -0.05) is 6.07 Å². The molecule has 1 heterocycles. The summed E-state index contributed by atoms with van der Waals surface area (Å²) in [6.07, 6.45) is -0.325. The summed E-state index contributed by atoms with van der Waals surface area (Å²) in [7, 11) is 0. The minimum absolute atomic E-state index is 0.213. The van der Waals surface area contributed by atoms with Crippen molar-refractivity contribution in [1.82, 2.24) is 4.98 Å². The van der Waals surface area contributed by atoms with Crippen molar-refractivity contribution >= 4 is 33.0 Å². The van der Waals surface area contributed by atoms with Gasteiger partial charge in [0.2, 0.25) is 0 Å². The Morgan fingerprint density at radius 3 is 2.53 bits per heavy atom. The highest BCUT2D eigenvalue weighted by Crippen LogP contribution is 2.19. The minimum Gasteiger partial charge on any atom is -0.292 e. The van der Waals surface area contributed by atoms with E-state index < -0.39 is 17.4 Å². The van der Waals surface area contributed by atoms with Crippen LogP contribution in [0.1, 0.15) is 16.1 Å². The molecule has 1 aromatic heterocycles. The Kier molecular flexibility index (Phi) is 3.63. The number of nitrogens with zero attached hydrogens (tertiary/aromatic N) is 1. The van der Waals surface area contributed by atoms with Gasteiger partial charge in [0.05, 0.1) is 0 Å². The number of hydrogen-bond donors (Lipinski definition) is 0. The lowest BCUT2D eigenvalue weighted by atomic mass is 10.1. The predicted octanol–water partition coefficient (Wildman–Crippen LogP) is 3.61. The fourth-order valence-electron chi connectivity index (χ4n) is 1.33. The molecule has 6 heteroatoms. The predicted molar refractivity (Wildman–Crippen MR) is 64.2 cm³/mol. The number of carbonyl (C=O) groups is 1. The minimum atomic E-state index is -0.715. The molecule has 0 bridgehead atoms. The van der Waals surface area contributed by atoms with Crippen LogP contribution < -0.4 is 0 Å². The van der Waals surface area contributed by atoms with Crippen LogP contribution in [0.25, 0.3) is 0 Å². The van der Waals surface area contributed by atoms with Gasteiger partial charge in [-0.3, -0.25) is 4.79 Å². The molecule has 0 saturated heterocycles. The molecule has 0 aliphatic rings. The van der Waals surface area contributed by atoms with Gasteiger partial charge in [0.1, 0.15) is 17.3 Å². The van der Waals surface area contributed by atoms with Crippen molar-refractivity contribution in [3.63, 3.8) is 0 Å². The summed E-state index contributed by atoms with van der Waals surface area (Å²) in [5, 5.41) is 1.55. The zero-order chi connectivity index (χ0) is 12.4. The molecule has 0 fully saturated rings. The Labute approximate surface area is 108 Å². The molecule has 2 nitrogen and oxygen atoms in total. The van der Waals surface area contributed by atoms with Crippen LogP contribution in [-0.4, -0.2) is 10.8 Å². The molecule has 0 amide bonds. The Morgan fingerprint density at radius 2 is 2.00 bits per heavy atom. The van der Waals surface area contributed by atoms with E-state index in [0.29, 0.717) is 3.92 Å². The van der Waals surface area contributed by atoms with Crippen molar-refractivity contribution < 1.29 is 13.6 Å². The zero-order valence-electron chi connectivity index (χ0n) is 8.41. The molecule has 0 atom stereocenters. The first-order valence-electron chi connectivity index (χ1n) is 4.65. The molecule has 0 radical (unpaired) electrons. The zero-order valence-corrected chi connectivity index (χ0v) is 10.8. The molecule has 0 aliphatic carbocycles. The van der Waals surface area contributed by atoms with Crippen LogP contribution in [0.2, 0.25) is 0 Å². The summed E-state index contributed by atoms with van der Waals surface area (Å²) in [6.45, 7) is 0. The van der Waals surface area contributed by atoms with Crippen LogP contribution in [0, 0.1) is 11.6 Å². The summed E-state index contributed by atoms with van der Waals surface area (Å²) in [5.74, 6) is -1.84. The summed E-state index contributed by atoms with van der Waals surface area (Å²) >= 11 is 4.37. The van der Waals surface area contributed by atoms with Crippen molar-refractivity contribution in [3.8, 4) is 0 Å². The lowest BCUT2D eigenvalue weighted by Gasteiger charge is -2.02. The highest BCUT2D eigenvalue weighted by molar-refractivity contribution is 9.11. The fraction of sp³-hybridized carbons (Fsp3) is 0.0909. The maximum atomic E-state index is 13.3. The van der Waals surface area contributed by atoms with E-state index in [2.05, 4.69) is 20.9 Å². The van der Waals surface area contributed by atoms with Crippen molar-refractivity contribution in [1.29, 1.82) is 0 Å². The molecular weight excluding hydrogens is 312 g/mol. The molecule has 2 aromatic rings. The number of ketones is 1. The molecule has 88 valence electrons. The molecule has 0 unspecified atom stereocenters. The maximum Gasteiger partial charge on any atom is 0.186 e. The Balaban J connectivity index is 2.24. The van der Waals surface area contributed by atoms with Crippen LogP contribution >= 0.6 is 27.3 Å². The molecule has 0 spiro atoms. The topological polar surface area (TPSA) is 30.0 Å². The number of rotatable bonds is 3. The molecular formula is C11H6BrF2NOS. The first kappa shape index (κ1) is 12.3. The average molecular weight is 318 g/mol. The van der Waals surface area contributed by atoms with Gasteiger partial charge in [-0.2, -0.15) is 0 Å². The number of thiazole rings is 1. The van der Waals surface area contributed by atoms with Crippen LogP contribution in [0.4, 0.5) is 8.78 Å². The van der Waals surface area contributed by atoms with E-state index >= 15 is 0 Å². The molecule has 2 rings (SSSR count). The lowest BCUT2D eigenvalue weighted by Crippen LogP contribution is -2.07. The molecule has 17 heavy (non-hydrogen) atoms. The normalized spacial score (nSPS) is 10.5. The summed E-state index contributed by atoms with van der Waals surface area (Å²) in [4.78, 5) is 15.6. The average Bonchev–Trinajstić information content (AvgIpc) is 2.70. The van der Waals surface area contributed by atoms with Gasteiger partial charge in [-0.05, 0) is 28.1 Å². The monoisotopic (exact) mass is 317 g/mol. The smallest absolute Gasteiger partial charge is 0.186 e. The van der Waals surface area contributed by atoms with Gasteiger partial charge in [-0.15, -0.1) is 11.3 Å². The third-order valence-electron chi connectivity index (χ3n) is 2.16. The first-order chi connectivity index (χ1) is 8.08. The standard InChI is InChI=1S/C11H6BrF2NOS/c12-11-15-9(5-17-11)10(16)4-6-7(13)2-1-3-8(6)14/h1-3,5H,4H2. The largest absolute Gasteiger partial charge is 0.292 e. The van der Waals surface area contributed by atoms with Gasteiger partial charge >= 0.3 is 0 Å². The van der Waals surface area contributed by atoms with E-state index in [1.54, 1.807) is 5.38 Å². The summed E-state index contributed by atoms with van der Waals surface area (Å²) in [5.41, 5.74) is -0.00819. The lowest BCUT2D eigenvalue weighted by molar-refractivity contribution is 0.0986. The van der Waals surface area contributed by atoms with E-state index in [4.69, 9.17) is 0 Å². The van der Waals surface area contributed by atoms with Crippen molar-refractivity contribution in [2.45, 2.75) is 6.42 Å². The quantitative estimate of drug-likeness (QED) is 0.809. The third-order valence-corrected chi connectivity index (χ3v) is 3.53. The SMILES string of the molecule is O=C(Cc1c(F)cccc1F)c1csc(Br)n1. The summed E-state index contributed by atoms with van der Waals surface area (Å²) in [6, 6.07) is 3.52. The Hall–Kier alpha value is -1.14. The van der Waals surface area contributed by atoms with Gasteiger partial charge < -0.3 is 0 Å². The molecule has 0 saturated carbocycles. The Morgan fingerprint density at radius 1 is 1.35 bits per heavy atom. The molecule has 1 aromatic carbocycles. The third kappa shape index (κ3) is 2.76. The van der Waals surface area contributed by atoms with Gasteiger partial charge in [-0.25, -0.2) is 13.8 Å². The molecule has 0 aliphatic heterocycles. The van der Waals surface area contributed by atoms with Crippen LogP contribution in [0.5, 0.6) is 0 Å². The first-order valence-corrected chi connectivity index (χ1v) is 6.32. The number of aromatic nitrogens is 1. The van der Waals surface area contributed by atoms with Gasteiger partial charge in [0.25, 0.3) is 0 Å². The van der Waals surface area contributed by atoms with E-state index in [9.17, 15) is 13.6 Å². The van der Waals surface area contributed by atoms with Crippen molar-refractivity contribution in [2.75, 3.05) is 0 Å². The van der Waals surface area contributed by atoms with Gasteiger partial charge in [0.15, 0.2) is 9.70 Å². The second-order valence-corrected chi connectivity index (χ2v) is 5.42. The summed E-state index contributed by atoms with van der Waals surface area (Å²) < 4.78 is 27.2. The highest BCUT2D eigenvalue weighted by atomic mass is 79.9. The highest BCUT2D eigenvalue weighted by Gasteiger charge is 2.16. The second-order valence-electron chi connectivity index (χ2n) is 3.29. The van der Waals surface area contributed by atoms with E-state index in [1.165, 1.54) is 17.4 Å².